The summed E-state index contributed by atoms with van der Waals surface area (Å²) >= 11 is 5.74. The summed E-state index contributed by atoms with van der Waals surface area (Å²) in [6.07, 6.45) is 2.20. The molecule has 0 saturated carbocycles. The fourth-order valence-corrected chi connectivity index (χ4v) is 1.84. The Morgan fingerprint density at radius 1 is 1.14 bits per heavy atom. The molecule has 0 amide bonds. The van der Waals surface area contributed by atoms with Crippen LogP contribution in [0.15, 0.2) is 18.3 Å². The van der Waals surface area contributed by atoms with Crippen LogP contribution in [0.25, 0.3) is 0 Å². The van der Waals surface area contributed by atoms with Crippen molar-refractivity contribution in [1.82, 2.24) is 9.88 Å². The minimum absolute atomic E-state index is 0.263. The molecular formula is C14H19ClN2O4. The number of pyridine rings is 1. The first-order chi connectivity index (χ1) is 10.0. The van der Waals surface area contributed by atoms with Crippen molar-refractivity contribution in [3.8, 4) is 0 Å². The highest BCUT2D eigenvalue weighted by Gasteiger charge is 2.12. The van der Waals surface area contributed by atoms with E-state index < -0.39 is 0 Å². The van der Waals surface area contributed by atoms with E-state index in [-0.39, 0.29) is 24.8 Å². The molecule has 21 heavy (non-hydrogen) atoms. The third-order valence-corrected chi connectivity index (χ3v) is 3.14. The van der Waals surface area contributed by atoms with Crippen LogP contribution in [-0.2, 0) is 25.6 Å². The SMILES string of the molecule is COC(=O)CCN(CCC(=O)OC)Cc1ccc(Cl)nc1. The molecule has 0 saturated heterocycles. The van der Waals surface area contributed by atoms with Crippen LogP contribution in [0, 0.1) is 0 Å². The Hall–Kier alpha value is -1.66. The van der Waals surface area contributed by atoms with Gasteiger partial charge in [0, 0.05) is 25.8 Å². The standard InChI is InChI=1S/C14H19ClN2O4/c1-20-13(18)5-7-17(8-6-14(19)21-2)10-11-3-4-12(15)16-9-11/h3-4,9H,5-8,10H2,1-2H3. The van der Waals surface area contributed by atoms with Gasteiger partial charge in [0.1, 0.15) is 5.15 Å². The summed E-state index contributed by atoms with van der Waals surface area (Å²) < 4.78 is 9.25. The summed E-state index contributed by atoms with van der Waals surface area (Å²) in [5.41, 5.74) is 0.953. The first-order valence-electron chi connectivity index (χ1n) is 6.51. The average molecular weight is 315 g/mol. The molecule has 0 spiro atoms. The van der Waals surface area contributed by atoms with Gasteiger partial charge in [-0.3, -0.25) is 14.5 Å². The minimum atomic E-state index is -0.285. The van der Waals surface area contributed by atoms with E-state index in [1.54, 1.807) is 12.3 Å². The summed E-state index contributed by atoms with van der Waals surface area (Å²) in [5.74, 6) is -0.570. The highest BCUT2D eigenvalue weighted by atomic mass is 35.5. The predicted molar refractivity (Wildman–Crippen MR) is 77.8 cm³/mol. The number of esters is 2. The molecule has 1 rings (SSSR count). The van der Waals surface area contributed by atoms with E-state index in [0.717, 1.165) is 5.56 Å². The second-order valence-electron chi connectivity index (χ2n) is 4.42. The molecule has 1 heterocycles. The Labute approximate surface area is 129 Å². The summed E-state index contributed by atoms with van der Waals surface area (Å²) in [6.45, 7) is 1.55. The second-order valence-corrected chi connectivity index (χ2v) is 4.80. The van der Waals surface area contributed by atoms with Crippen molar-refractivity contribution < 1.29 is 19.1 Å². The molecular weight excluding hydrogens is 296 g/mol. The van der Waals surface area contributed by atoms with Crippen molar-refractivity contribution in [2.24, 2.45) is 0 Å². The Balaban J connectivity index is 2.59. The Bertz CT molecular complexity index is 445. The molecule has 0 N–H and O–H groups in total. The zero-order valence-electron chi connectivity index (χ0n) is 12.2. The third-order valence-electron chi connectivity index (χ3n) is 2.91. The molecule has 1 aromatic heterocycles. The quantitative estimate of drug-likeness (QED) is 0.537. The maximum atomic E-state index is 11.2. The lowest BCUT2D eigenvalue weighted by atomic mass is 10.2. The summed E-state index contributed by atoms with van der Waals surface area (Å²) in [6, 6.07) is 3.56. The number of aromatic nitrogens is 1. The van der Waals surface area contributed by atoms with Gasteiger partial charge in [-0.05, 0) is 11.6 Å². The lowest BCUT2D eigenvalue weighted by Crippen LogP contribution is -2.29. The van der Waals surface area contributed by atoms with Gasteiger partial charge in [-0.25, -0.2) is 4.98 Å². The van der Waals surface area contributed by atoms with Gasteiger partial charge >= 0.3 is 11.9 Å². The fraction of sp³-hybridized carbons (Fsp3) is 0.500. The van der Waals surface area contributed by atoms with Crippen LogP contribution >= 0.6 is 11.6 Å². The Morgan fingerprint density at radius 3 is 2.14 bits per heavy atom. The average Bonchev–Trinajstić information content (AvgIpc) is 2.51. The van der Waals surface area contributed by atoms with E-state index in [4.69, 9.17) is 11.6 Å². The van der Waals surface area contributed by atoms with Crippen LogP contribution in [0.4, 0.5) is 0 Å². The van der Waals surface area contributed by atoms with Crippen LogP contribution in [0.2, 0.25) is 5.15 Å². The lowest BCUT2D eigenvalue weighted by Gasteiger charge is -2.21. The lowest BCUT2D eigenvalue weighted by molar-refractivity contribution is -0.141. The van der Waals surface area contributed by atoms with Crippen molar-refractivity contribution in [3.63, 3.8) is 0 Å². The summed E-state index contributed by atoms with van der Waals surface area (Å²) in [5, 5.41) is 0.425. The number of ether oxygens (including phenoxy) is 2. The fourth-order valence-electron chi connectivity index (χ4n) is 1.73. The van der Waals surface area contributed by atoms with E-state index in [2.05, 4.69) is 14.5 Å². The smallest absolute Gasteiger partial charge is 0.306 e. The molecule has 7 heteroatoms. The van der Waals surface area contributed by atoms with E-state index in [1.165, 1.54) is 14.2 Å². The normalized spacial score (nSPS) is 10.5. The Morgan fingerprint density at radius 2 is 1.71 bits per heavy atom. The third kappa shape index (κ3) is 7.06. The van der Waals surface area contributed by atoms with E-state index in [0.29, 0.717) is 24.8 Å². The second kappa shape index (κ2) is 9.31. The highest BCUT2D eigenvalue weighted by Crippen LogP contribution is 2.09. The first kappa shape index (κ1) is 17.4. The molecule has 0 aliphatic heterocycles. The number of halogens is 1. The minimum Gasteiger partial charge on any atom is -0.469 e. The summed E-state index contributed by atoms with van der Waals surface area (Å²) in [7, 11) is 2.70. The van der Waals surface area contributed by atoms with Gasteiger partial charge in [-0.2, -0.15) is 0 Å². The number of methoxy groups -OCH3 is 2. The molecule has 116 valence electrons. The number of hydrogen-bond acceptors (Lipinski definition) is 6. The van der Waals surface area contributed by atoms with E-state index >= 15 is 0 Å². The van der Waals surface area contributed by atoms with Gasteiger partial charge in [0.15, 0.2) is 0 Å². The molecule has 6 nitrogen and oxygen atoms in total. The Kier molecular flexibility index (Phi) is 7.71. The monoisotopic (exact) mass is 314 g/mol. The number of nitrogens with zero attached hydrogens (tertiary/aromatic N) is 2. The zero-order valence-corrected chi connectivity index (χ0v) is 12.9. The predicted octanol–water partition coefficient (Wildman–Crippen LogP) is 1.66. The van der Waals surface area contributed by atoms with Crippen LogP contribution in [-0.4, -0.2) is 49.1 Å². The first-order valence-corrected chi connectivity index (χ1v) is 6.89. The van der Waals surface area contributed by atoms with Gasteiger partial charge in [0.2, 0.25) is 0 Å². The van der Waals surface area contributed by atoms with Gasteiger partial charge in [-0.1, -0.05) is 17.7 Å². The topological polar surface area (TPSA) is 68.7 Å². The van der Waals surface area contributed by atoms with Crippen molar-refractivity contribution in [3.05, 3.63) is 29.0 Å². The summed E-state index contributed by atoms with van der Waals surface area (Å²) in [4.78, 5) is 28.5. The van der Waals surface area contributed by atoms with Gasteiger partial charge in [-0.15, -0.1) is 0 Å². The number of rotatable bonds is 8. The number of hydrogen-bond donors (Lipinski definition) is 0. The molecule has 0 aromatic carbocycles. The maximum Gasteiger partial charge on any atom is 0.306 e. The maximum absolute atomic E-state index is 11.2. The molecule has 0 bridgehead atoms. The van der Waals surface area contributed by atoms with Crippen LogP contribution in [0.3, 0.4) is 0 Å². The van der Waals surface area contributed by atoms with Crippen LogP contribution < -0.4 is 0 Å². The zero-order chi connectivity index (χ0) is 15.7. The molecule has 0 aliphatic rings. The van der Waals surface area contributed by atoms with E-state index in [1.807, 2.05) is 11.0 Å². The van der Waals surface area contributed by atoms with E-state index in [9.17, 15) is 9.59 Å². The molecule has 0 unspecified atom stereocenters. The van der Waals surface area contributed by atoms with Crippen LogP contribution in [0.5, 0.6) is 0 Å². The van der Waals surface area contributed by atoms with Crippen LogP contribution in [0.1, 0.15) is 18.4 Å². The van der Waals surface area contributed by atoms with Gasteiger partial charge < -0.3 is 9.47 Å². The van der Waals surface area contributed by atoms with Crippen molar-refractivity contribution in [2.45, 2.75) is 19.4 Å². The molecule has 0 atom stereocenters. The largest absolute Gasteiger partial charge is 0.469 e. The van der Waals surface area contributed by atoms with Gasteiger partial charge in [0.25, 0.3) is 0 Å². The van der Waals surface area contributed by atoms with Crippen molar-refractivity contribution in [2.75, 3.05) is 27.3 Å². The number of carbonyl (C=O) groups is 2. The van der Waals surface area contributed by atoms with Gasteiger partial charge in [0.05, 0.1) is 27.1 Å². The molecule has 0 fully saturated rings. The molecule has 0 aliphatic carbocycles. The molecule has 0 radical (unpaired) electrons. The van der Waals surface area contributed by atoms with Crippen molar-refractivity contribution >= 4 is 23.5 Å². The highest BCUT2D eigenvalue weighted by molar-refractivity contribution is 6.29. The number of carbonyl (C=O) groups excluding carboxylic acids is 2. The van der Waals surface area contributed by atoms with Crippen molar-refractivity contribution in [1.29, 1.82) is 0 Å². The molecule has 1 aromatic rings.